The molecule has 0 saturated heterocycles. The Morgan fingerprint density at radius 1 is 0.538 bits per heavy atom. The molecular weight excluding hydrogens is 434 g/mol. The summed E-state index contributed by atoms with van der Waals surface area (Å²) in [5.41, 5.74) is -6.26. The molecule has 0 aliphatic rings. The van der Waals surface area contributed by atoms with E-state index in [2.05, 4.69) is 0 Å². The van der Waals surface area contributed by atoms with Crippen LogP contribution in [0.2, 0.25) is 0 Å². The molecule has 0 saturated carbocycles. The van der Waals surface area contributed by atoms with E-state index in [-0.39, 0.29) is 21.6 Å². The lowest BCUT2D eigenvalue weighted by Crippen LogP contribution is -1.95. The summed E-state index contributed by atoms with van der Waals surface area (Å²) >= 11 is 0. The molecule has 0 nitrogen and oxygen atoms in total. The fourth-order valence-corrected chi connectivity index (χ4v) is 4.07. The van der Waals surface area contributed by atoms with Gasteiger partial charge in [0.2, 0.25) is 0 Å². The summed E-state index contributed by atoms with van der Waals surface area (Å²) in [5.74, 6) is 0. The second-order valence-electron chi connectivity index (χ2n) is 4.85. The first kappa shape index (κ1) is 23.5. The lowest BCUT2D eigenvalue weighted by molar-refractivity contribution is -0.0320. The molecule has 10 heteroatoms. The average Bonchev–Trinajstić information content (AvgIpc) is 2.53. The molecule has 0 N–H and O–H groups in total. The van der Waals surface area contributed by atoms with Crippen LogP contribution < -0.4 is 0 Å². The highest BCUT2D eigenvalue weighted by Crippen LogP contribution is 2.44. The van der Waals surface area contributed by atoms with Crippen LogP contribution in [0.25, 0.3) is 0 Å². The van der Waals surface area contributed by atoms with Crippen LogP contribution in [0, 0.1) is 13.8 Å². The fraction of sp³-hybridized carbons (Fsp3) is 0.250. The van der Waals surface area contributed by atoms with E-state index in [4.69, 9.17) is 0 Å². The van der Waals surface area contributed by atoms with Gasteiger partial charge in [0.1, 0.15) is 0 Å². The zero-order valence-electron chi connectivity index (χ0n) is 13.5. The topological polar surface area (TPSA) is 0 Å². The SMILES string of the molecule is Cc1ccc(SSC(F)(F)F)cc1.Cc1ccc(SSC(F)(F)F)cc1. The minimum atomic E-state index is -4.17. The standard InChI is InChI=1S/2C8H7F3S2/c2*1-6-2-4-7(5-3-6)12-13-8(9,10)11/h2*2-5H,1H3. The third-order valence-corrected chi connectivity index (χ3v) is 6.77. The fourth-order valence-electron chi connectivity index (χ4n) is 1.38. The predicted molar refractivity (Wildman–Crippen MR) is 101 cm³/mol. The highest BCUT2D eigenvalue weighted by Gasteiger charge is 2.29. The minimum absolute atomic E-state index is 0.0908. The quantitative estimate of drug-likeness (QED) is 0.339. The number of hydrogen-bond donors (Lipinski definition) is 0. The van der Waals surface area contributed by atoms with E-state index in [0.717, 1.165) is 32.7 Å². The zero-order chi connectivity index (χ0) is 19.8. The molecule has 0 spiro atoms. The molecule has 0 unspecified atom stereocenters. The number of alkyl halides is 6. The van der Waals surface area contributed by atoms with Gasteiger partial charge in [-0.25, -0.2) is 0 Å². The summed E-state index contributed by atoms with van der Waals surface area (Å²) in [6.07, 6.45) is 0. The summed E-state index contributed by atoms with van der Waals surface area (Å²) in [4.78, 5) is 1.24. The monoisotopic (exact) mass is 448 g/mol. The van der Waals surface area contributed by atoms with E-state index in [1.54, 1.807) is 48.5 Å². The van der Waals surface area contributed by atoms with Crippen molar-refractivity contribution in [2.24, 2.45) is 0 Å². The first-order valence-corrected chi connectivity index (χ1v) is 11.2. The molecule has 2 aromatic carbocycles. The minimum Gasteiger partial charge on any atom is -0.160 e. The van der Waals surface area contributed by atoms with Gasteiger partial charge in [0.25, 0.3) is 0 Å². The lowest BCUT2D eigenvalue weighted by atomic mass is 10.2. The Kier molecular flexibility index (Phi) is 9.63. The molecule has 0 radical (unpaired) electrons. The van der Waals surface area contributed by atoms with Crippen molar-refractivity contribution in [1.29, 1.82) is 0 Å². The number of benzene rings is 2. The molecule has 2 aromatic rings. The van der Waals surface area contributed by atoms with Crippen molar-refractivity contribution in [1.82, 2.24) is 0 Å². The van der Waals surface area contributed by atoms with Crippen molar-refractivity contribution in [3.05, 3.63) is 59.7 Å². The second-order valence-corrected chi connectivity index (χ2v) is 9.39. The van der Waals surface area contributed by atoms with Crippen molar-refractivity contribution in [2.45, 2.75) is 34.7 Å². The Hall–Kier alpha value is -0.580. The zero-order valence-corrected chi connectivity index (χ0v) is 16.8. The maximum atomic E-state index is 11.8. The Labute approximate surface area is 163 Å². The van der Waals surface area contributed by atoms with Crippen molar-refractivity contribution < 1.29 is 26.3 Å². The number of halogens is 6. The largest absolute Gasteiger partial charge is 0.452 e. The third-order valence-electron chi connectivity index (χ3n) is 2.51. The maximum absolute atomic E-state index is 11.8. The summed E-state index contributed by atoms with van der Waals surface area (Å²) < 4.78 is 70.6. The number of rotatable bonds is 4. The average molecular weight is 449 g/mol. The Morgan fingerprint density at radius 2 is 0.808 bits per heavy atom. The lowest BCUT2D eigenvalue weighted by Gasteiger charge is -2.04. The van der Waals surface area contributed by atoms with E-state index in [1.165, 1.54) is 0 Å². The van der Waals surface area contributed by atoms with Crippen molar-refractivity contribution in [2.75, 3.05) is 0 Å². The molecular formula is C16H14F6S4. The Bertz CT molecular complexity index is 591. The molecule has 144 valence electrons. The van der Waals surface area contributed by atoms with Gasteiger partial charge in [0, 0.05) is 31.4 Å². The predicted octanol–water partition coefficient (Wildman–Crippen LogP) is 8.51. The van der Waals surface area contributed by atoms with Crippen LogP contribution in [0.15, 0.2) is 58.3 Å². The van der Waals surface area contributed by atoms with Crippen molar-refractivity contribution >= 4 is 43.2 Å². The molecule has 0 bridgehead atoms. The summed E-state index contributed by atoms with van der Waals surface area (Å²) in [5, 5.41) is 0. The van der Waals surface area contributed by atoms with E-state index in [9.17, 15) is 26.3 Å². The second kappa shape index (κ2) is 10.7. The molecule has 0 aliphatic carbocycles. The van der Waals surface area contributed by atoms with Gasteiger partial charge in [-0.15, -0.1) is 0 Å². The number of aryl methyl sites for hydroxylation is 2. The Morgan fingerprint density at radius 3 is 1.04 bits per heavy atom. The molecule has 0 atom stereocenters. The van der Waals surface area contributed by atoms with E-state index in [1.807, 2.05) is 13.8 Å². The van der Waals surface area contributed by atoms with Crippen molar-refractivity contribution in [3.8, 4) is 0 Å². The van der Waals surface area contributed by atoms with Gasteiger partial charge in [-0.2, -0.15) is 26.3 Å². The van der Waals surface area contributed by atoms with Crippen LogP contribution in [0.5, 0.6) is 0 Å². The summed E-state index contributed by atoms with van der Waals surface area (Å²) in [6, 6.07) is 13.9. The highest BCUT2D eigenvalue weighted by molar-refractivity contribution is 8.77. The molecule has 0 aromatic heterocycles. The van der Waals surface area contributed by atoms with E-state index < -0.39 is 11.0 Å². The molecule has 0 aliphatic heterocycles. The van der Waals surface area contributed by atoms with Gasteiger partial charge in [0.05, 0.1) is 0 Å². The smallest absolute Gasteiger partial charge is 0.160 e. The molecule has 26 heavy (non-hydrogen) atoms. The van der Waals surface area contributed by atoms with Gasteiger partial charge < -0.3 is 0 Å². The normalized spacial score (nSPS) is 11.7. The van der Waals surface area contributed by atoms with Gasteiger partial charge in [-0.3, -0.25) is 0 Å². The van der Waals surface area contributed by atoms with Crippen LogP contribution in [0.1, 0.15) is 11.1 Å². The van der Waals surface area contributed by atoms with Crippen LogP contribution in [0.3, 0.4) is 0 Å². The van der Waals surface area contributed by atoms with Crippen LogP contribution in [-0.4, -0.2) is 11.0 Å². The third kappa shape index (κ3) is 11.9. The van der Waals surface area contributed by atoms with Gasteiger partial charge in [-0.05, 0) is 59.7 Å². The van der Waals surface area contributed by atoms with Crippen molar-refractivity contribution in [3.63, 3.8) is 0 Å². The molecule has 0 fully saturated rings. The highest BCUT2D eigenvalue weighted by atomic mass is 33.1. The van der Waals surface area contributed by atoms with Gasteiger partial charge >= 0.3 is 11.0 Å². The molecule has 0 heterocycles. The van der Waals surface area contributed by atoms with Crippen LogP contribution >= 0.6 is 43.2 Å². The maximum Gasteiger partial charge on any atom is 0.452 e. The van der Waals surface area contributed by atoms with Gasteiger partial charge in [0.15, 0.2) is 0 Å². The summed E-state index contributed by atoms with van der Waals surface area (Å²) in [6.45, 7) is 3.79. The molecule has 0 amide bonds. The van der Waals surface area contributed by atoms with Gasteiger partial charge in [-0.1, -0.05) is 35.4 Å². The van der Waals surface area contributed by atoms with E-state index >= 15 is 0 Å². The number of hydrogen-bond acceptors (Lipinski definition) is 4. The van der Waals surface area contributed by atoms with Crippen LogP contribution in [0.4, 0.5) is 26.3 Å². The Balaban J connectivity index is 0.000000260. The summed E-state index contributed by atoms with van der Waals surface area (Å²) in [7, 11) is 1.27. The van der Waals surface area contributed by atoms with Crippen LogP contribution in [-0.2, 0) is 0 Å². The first-order valence-electron chi connectivity index (χ1n) is 6.93. The molecule has 2 rings (SSSR count). The first-order chi connectivity index (χ1) is 11.9. The van der Waals surface area contributed by atoms with E-state index in [0.29, 0.717) is 9.79 Å².